The Kier molecular flexibility index (Phi) is 12.5. The molecule has 0 saturated carbocycles. The van der Waals surface area contributed by atoms with Crippen molar-refractivity contribution in [1.29, 1.82) is 0 Å². The Balaban J connectivity index is 1.15. The lowest BCUT2D eigenvalue weighted by Crippen LogP contribution is -2.46. The minimum atomic E-state index is -0.641. The van der Waals surface area contributed by atoms with Gasteiger partial charge in [-0.1, -0.05) is 134 Å². The Morgan fingerprint density at radius 2 is 1.35 bits per heavy atom. The summed E-state index contributed by atoms with van der Waals surface area (Å²) in [6.45, 7) is 5.64. The zero-order chi connectivity index (χ0) is 36.5. The second-order valence-electron chi connectivity index (χ2n) is 13.7. The highest BCUT2D eigenvalue weighted by molar-refractivity contribution is 5.74. The maximum Gasteiger partial charge on any atom is 0.315 e. The van der Waals surface area contributed by atoms with Crippen molar-refractivity contribution < 1.29 is 24.5 Å². The van der Waals surface area contributed by atoms with Crippen LogP contribution in [0.15, 0.2) is 133 Å². The molecule has 2 amide bonds. The van der Waals surface area contributed by atoms with Crippen molar-refractivity contribution >= 4 is 6.03 Å². The zero-order valence-corrected chi connectivity index (χ0v) is 30.1. The predicted molar refractivity (Wildman–Crippen MR) is 204 cm³/mol. The number of likely N-dealkylation sites (N-methyl/N-ethyl adjacent to an activating group) is 1. The normalized spacial score (nSPS) is 19.9. The van der Waals surface area contributed by atoms with Gasteiger partial charge in [-0.05, 0) is 59.0 Å². The molecule has 1 aliphatic rings. The fourth-order valence-electron chi connectivity index (χ4n) is 6.66. The molecule has 1 saturated heterocycles. The molecule has 4 N–H and O–H groups in total. The van der Waals surface area contributed by atoms with Crippen LogP contribution < -0.4 is 10.6 Å². The number of hydrogen-bond donors (Lipinski definition) is 4. The lowest BCUT2D eigenvalue weighted by atomic mass is 9.89. The summed E-state index contributed by atoms with van der Waals surface area (Å²) in [6.07, 6.45) is -1.68. The fraction of sp³-hybridized carbons (Fsp3) is 0.295. The van der Waals surface area contributed by atoms with Gasteiger partial charge in [0.2, 0.25) is 0 Å². The van der Waals surface area contributed by atoms with E-state index in [9.17, 15) is 15.0 Å². The molecule has 0 unspecified atom stereocenters. The molecule has 270 valence electrons. The van der Waals surface area contributed by atoms with Gasteiger partial charge in [-0.15, -0.1) is 0 Å². The number of hydrogen-bond acceptors (Lipinski definition) is 6. The molecule has 1 heterocycles. The molecule has 8 heteroatoms. The minimum absolute atomic E-state index is 0.00999. The quantitative estimate of drug-likeness (QED) is 0.101. The Morgan fingerprint density at radius 1 is 0.731 bits per heavy atom. The van der Waals surface area contributed by atoms with E-state index < -0.39 is 12.4 Å². The topological polar surface area (TPSA) is 103 Å². The van der Waals surface area contributed by atoms with Gasteiger partial charge >= 0.3 is 6.03 Å². The van der Waals surface area contributed by atoms with Crippen molar-refractivity contribution in [2.75, 3.05) is 13.6 Å². The van der Waals surface area contributed by atoms with E-state index in [0.29, 0.717) is 19.6 Å². The third-order valence-corrected chi connectivity index (χ3v) is 10.1. The number of ether oxygens (including phenoxy) is 2. The van der Waals surface area contributed by atoms with E-state index in [1.165, 1.54) is 0 Å². The lowest BCUT2D eigenvalue weighted by Gasteiger charge is -2.43. The predicted octanol–water partition coefficient (Wildman–Crippen LogP) is 7.69. The van der Waals surface area contributed by atoms with Crippen molar-refractivity contribution in [3.8, 4) is 11.1 Å². The number of urea groups is 1. The Labute approximate surface area is 307 Å². The maximum absolute atomic E-state index is 12.4. The summed E-state index contributed by atoms with van der Waals surface area (Å²) >= 11 is 0. The van der Waals surface area contributed by atoms with Gasteiger partial charge in [-0.25, -0.2) is 4.79 Å². The van der Waals surface area contributed by atoms with Crippen LogP contribution in [0.25, 0.3) is 11.1 Å². The second-order valence-corrected chi connectivity index (χ2v) is 13.7. The summed E-state index contributed by atoms with van der Waals surface area (Å²) in [5, 5.41) is 26.7. The maximum atomic E-state index is 12.4. The standard InChI is InChI=1S/C44H49N3O5/c1-30-40(28-47(3)31(2)41(49)36-14-8-5-9-15-36)51-43(52-42(30)37-19-17-33(29-48)18-20-37)38-23-21-35(22-24-38)39-16-10-13-34(25-39)27-46-44(50)45-26-32-11-6-4-7-12-32/h4-25,30-31,40-43,48-49H,26-29H2,1-3H3,(H2,45,46,50)/t30-,31+,40+,41+,42+,43+/m0/s1. The van der Waals surface area contributed by atoms with Gasteiger partial charge in [0.25, 0.3) is 0 Å². The highest BCUT2D eigenvalue weighted by atomic mass is 16.7. The van der Waals surface area contributed by atoms with Crippen LogP contribution >= 0.6 is 0 Å². The van der Waals surface area contributed by atoms with E-state index >= 15 is 0 Å². The molecule has 0 aliphatic carbocycles. The van der Waals surface area contributed by atoms with Crippen molar-refractivity contribution in [1.82, 2.24) is 15.5 Å². The molecule has 8 nitrogen and oxygen atoms in total. The molecule has 0 spiro atoms. The third kappa shape index (κ3) is 9.33. The molecule has 1 fully saturated rings. The molecular weight excluding hydrogens is 651 g/mol. The summed E-state index contributed by atoms with van der Waals surface area (Å²) in [4.78, 5) is 14.6. The highest BCUT2D eigenvalue weighted by Gasteiger charge is 2.39. The van der Waals surface area contributed by atoms with Crippen LogP contribution in [0.3, 0.4) is 0 Å². The fourth-order valence-corrected chi connectivity index (χ4v) is 6.66. The van der Waals surface area contributed by atoms with Gasteiger partial charge in [0, 0.05) is 37.2 Å². The molecule has 1 aliphatic heterocycles. The molecule has 0 bridgehead atoms. The van der Waals surface area contributed by atoms with E-state index in [-0.39, 0.29) is 36.8 Å². The van der Waals surface area contributed by atoms with E-state index in [2.05, 4.69) is 46.7 Å². The second kappa shape index (κ2) is 17.6. The first kappa shape index (κ1) is 36.9. The summed E-state index contributed by atoms with van der Waals surface area (Å²) in [7, 11) is 2.03. The van der Waals surface area contributed by atoms with Crippen LogP contribution in [0.2, 0.25) is 0 Å². The number of amides is 2. The molecule has 52 heavy (non-hydrogen) atoms. The number of benzene rings is 5. The number of nitrogens with zero attached hydrogens (tertiary/aromatic N) is 1. The SMILES string of the molecule is C[C@H]1[C@@H](CN(C)[C@H](C)[C@@H](O)c2ccccc2)O[C@@H](c2ccc(-c3cccc(CNC(=O)NCc4ccccc4)c3)cc2)O[C@H]1c1ccc(CO)cc1. The van der Waals surface area contributed by atoms with Crippen LogP contribution in [-0.2, 0) is 29.2 Å². The van der Waals surface area contributed by atoms with Crippen LogP contribution in [-0.4, -0.2) is 46.9 Å². The highest BCUT2D eigenvalue weighted by Crippen LogP contribution is 2.42. The van der Waals surface area contributed by atoms with Crippen LogP contribution in [0.4, 0.5) is 4.79 Å². The average molecular weight is 700 g/mol. The number of carbonyl (C=O) groups excluding carboxylic acids is 1. The first-order chi connectivity index (χ1) is 25.3. The van der Waals surface area contributed by atoms with E-state index in [1.807, 2.05) is 123 Å². The van der Waals surface area contributed by atoms with Gasteiger partial charge in [0.1, 0.15) is 0 Å². The first-order valence-electron chi connectivity index (χ1n) is 18.0. The average Bonchev–Trinajstić information content (AvgIpc) is 3.20. The van der Waals surface area contributed by atoms with Crippen molar-refractivity contribution in [2.45, 2.75) is 64.2 Å². The lowest BCUT2D eigenvalue weighted by molar-refractivity contribution is -0.276. The number of carbonyl (C=O) groups is 1. The third-order valence-electron chi connectivity index (χ3n) is 10.1. The molecule has 5 aromatic rings. The molecule has 0 radical (unpaired) electrons. The van der Waals surface area contributed by atoms with E-state index in [1.54, 1.807) is 0 Å². The Hall–Kier alpha value is -4.83. The van der Waals surface area contributed by atoms with Crippen LogP contribution in [0, 0.1) is 5.92 Å². The van der Waals surface area contributed by atoms with Gasteiger partial charge in [-0.3, -0.25) is 4.90 Å². The van der Waals surface area contributed by atoms with Crippen molar-refractivity contribution in [3.05, 3.63) is 167 Å². The van der Waals surface area contributed by atoms with Crippen molar-refractivity contribution in [2.24, 2.45) is 5.92 Å². The number of nitrogens with one attached hydrogen (secondary N) is 2. The van der Waals surface area contributed by atoms with E-state index in [4.69, 9.17) is 9.47 Å². The molecule has 0 aromatic heterocycles. The summed E-state index contributed by atoms with van der Waals surface area (Å²) in [5.74, 6) is 0.00999. The Bertz CT molecular complexity index is 1850. The molecule has 6 rings (SSSR count). The van der Waals surface area contributed by atoms with Gasteiger partial charge in [-0.2, -0.15) is 0 Å². The first-order valence-corrected chi connectivity index (χ1v) is 18.0. The van der Waals surface area contributed by atoms with E-state index in [0.717, 1.165) is 44.5 Å². The van der Waals surface area contributed by atoms with Gasteiger partial charge in [0.15, 0.2) is 6.29 Å². The molecular formula is C44H49N3O5. The number of aliphatic hydroxyl groups excluding tert-OH is 2. The minimum Gasteiger partial charge on any atom is -0.392 e. The summed E-state index contributed by atoms with van der Waals surface area (Å²) < 4.78 is 13.4. The number of rotatable bonds is 13. The summed E-state index contributed by atoms with van der Waals surface area (Å²) in [5.41, 5.74) is 7.80. The zero-order valence-electron chi connectivity index (χ0n) is 30.1. The van der Waals surface area contributed by atoms with Crippen molar-refractivity contribution in [3.63, 3.8) is 0 Å². The smallest absolute Gasteiger partial charge is 0.315 e. The molecule has 5 aromatic carbocycles. The van der Waals surface area contributed by atoms with Gasteiger partial charge in [0.05, 0.1) is 24.9 Å². The monoisotopic (exact) mass is 699 g/mol. The Morgan fingerprint density at radius 3 is 2.02 bits per heavy atom. The largest absolute Gasteiger partial charge is 0.392 e. The molecule has 6 atom stereocenters. The van der Waals surface area contributed by atoms with Crippen LogP contribution in [0.5, 0.6) is 0 Å². The van der Waals surface area contributed by atoms with Gasteiger partial charge < -0.3 is 30.3 Å². The number of aliphatic hydroxyl groups is 2. The van der Waals surface area contributed by atoms with Crippen LogP contribution in [0.1, 0.15) is 65.7 Å². The summed E-state index contributed by atoms with van der Waals surface area (Å²) in [6, 6.07) is 43.5.